The van der Waals surface area contributed by atoms with Gasteiger partial charge in [-0.25, -0.2) is 0 Å². The summed E-state index contributed by atoms with van der Waals surface area (Å²) in [6, 6.07) is 16.2. The van der Waals surface area contributed by atoms with Crippen LogP contribution in [0.4, 0.5) is 0 Å². The number of H-pyrrole nitrogens is 1. The Morgan fingerprint density at radius 1 is 1.00 bits per heavy atom. The zero-order valence-corrected chi connectivity index (χ0v) is 22.5. The van der Waals surface area contributed by atoms with E-state index in [0.717, 1.165) is 18.2 Å². The number of rotatable bonds is 6. The van der Waals surface area contributed by atoms with Crippen molar-refractivity contribution in [1.29, 1.82) is 0 Å². The number of hydrogen-bond acceptors (Lipinski definition) is 5. The minimum Gasteiger partial charge on any atom is -0.493 e. The summed E-state index contributed by atoms with van der Waals surface area (Å²) >= 11 is 0. The third kappa shape index (κ3) is 4.72. The summed E-state index contributed by atoms with van der Waals surface area (Å²) in [6.07, 6.45) is 1.53. The Morgan fingerprint density at radius 3 is 2.29 bits per heavy atom. The molecular formula is C30H34N4O4. The number of carbonyl (C=O) groups excluding carboxylic acids is 2. The minimum absolute atomic E-state index is 0.0539. The van der Waals surface area contributed by atoms with Crippen LogP contribution in [0.5, 0.6) is 5.75 Å². The molecule has 0 saturated carbocycles. The van der Waals surface area contributed by atoms with Gasteiger partial charge >= 0.3 is 0 Å². The van der Waals surface area contributed by atoms with Crippen molar-refractivity contribution < 1.29 is 14.3 Å². The van der Waals surface area contributed by atoms with Gasteiger partial charge < -0.3 is 20.4 Å². The number of ketones is 1. The lowest BCUT2D eigenvalue weighted by molar-refractivity contribution is 0.0865. The summed E-state index contributed by atoms with van der Waals surface area (Å²) in [4.78, 5) is 43.7. The van der Waals surface area contributed by atoms with Crippen molar-refractivity contribution in [2.75, 3.05) is 7.11 Å². The third-order valence-electron chi connectivity index (χ3n) is 7.23. The molecule has 0 bridgehead atoms. The van der Waals surface area contributed by atoms with E-state index in [1.54, 1.807) is 30.3 Å². The van der Waals surface area contributed by atoms with Crippen LogP contribution in [0.25, 0.3) is 21.8 Å². The molecule has 2 aromatic carbocycles. The molecule has 8 heteroatoms. The van der Waals surface area contributed by atoms with Gasteiger partial charge in [0.25, 0.3) is 11.5 Å². The van der Waals surface area contributed by atoms with Crippen LogP contribution in [0.1, 0.15) is 61.4 Å². The largest absolute Gasteiger partial charge is 0.493 e. The van der Waals surface area contributed by atoms with E-state index in [1.165, 1.54) is 11.7 Å². The molecule has 2 aromatic heterocycles. The molecule has 198 valence electrons. The van der Waals surface area contributed by atoms with E-state index >= 15 is 0 Å². The summed E-state index contributed by atoms with van der Waals surface area (Å²) in [5.41, 5.74) is 1.18. The average Bonchev–Trinajstić information content (AvgIpc) is 3.25. The van der Waals surface area contributed by atoms with Crippen LogP contribution >= 0.6 is 0 Å². The lowest BCUT2D eigenvalue weighted by Gasteiger charge is -2.46. The summed E-state index contributed by atoms with van der Waals surface area (Å²) in [5, 5.41) is 7.77. The number of Topliss-reactive ketones (excluding diaryl/α,β-unsaturated/α-hetero) is 1. The fourth-order valence-electron chi connectivity index (χ4n) is 6.12. The van der Waals surface area contributed by atoms with Crippen LogP contribution in [0.15, 0.2) is 59.4 Å². The monoisotopic (exact) mass is 514 g/mol. The maximum Gasteiger partial charge on any atom is 0.271 e. The molecule has 1 amide bonds. The number of aromatic nitrogens is 2. The van der Waals surface area contributed by atoms with Crippen LogP contribution in [-0.2, 0) is 6.54 Å². The normalized spacial score (nSPS) is 17.0. The molecule has 0 unspecified atom stereocenters. The van der Waals surface area contributed by atoms with E-state index < -0.39 is 0 Å². The van der Waals surface area contributed by atoms with E-state index in [9.17, 15) is 14.4 Å². The average molecular weight is 515 g/mol. The number of benzene rings is 2. The van der Waals surface area contributed by atoms with E-state index in [2.05, 4.69) is 43.3 Å². The molecule has 3 N–H and O–H groups in total. The summed E-state index contributed by atoms with van der Waals surface area (Å²) in [6.45, 7) is 8.38. The smallest absolute Gasteiger partial charge is 0.271 e. The number of amides is 1. The quantitative estimate of drug-likeness (QED) is 0.331. The number of carbonyl (C=O) groups is 2. The van der Waals surface area contributed by atoms with Crippen LogP contribution < -0.4 is 20.9 Å². The first-order chi connectivity index (χ1) is 18.0. The second-order valence-corrected chi connectivity index (χ2v) is 11.5. The number of methoxy groups -OCH3 is 1. The highest BCUT2D eigenvalue weighted by Gasteiger charge is 2.38. The number of pyridine rings is 1. The van der Waals surface area contributed by atoms with E-state index in [-0.39, 0.29) is 57.7 Å². The summed E-state index contributed by atoms with van der Waals surface area (Å²) in [5.74, 6) is -0.325. The van der Waals surface area contributed by atoms with Crippen molar-refractivity contribution >= 4 is 33.5 Å². The van der Waals surface area contributed by atoms with Crippen molar-refractivity contribution in [3.8, 4) is 5.75 Å². The first-order valence-corrected chi connectivity index (χ1v) is 12.9. The Labute approximate surface area is 221 Å². The highest BCUT2D eigenvalue weighted by atomic mass is 16.5. The van der Waals surface area contributed by atoms with Gasteiger partial charge in [-0.1, -0.05) is 48.5 Å². The van der Waals surface area contributed by atoms with Gasteiger partial charge in [-0.05, 0) is 46.6 Å². The van der Waals surface area contributed by atoms with E-state index in [1.807, 2.05) is 24.3 Å². The minimum atomic E-state index is -0.390. The molecule has 0 atom stereocenters. The van der Waals surface area contributed by atoms with Crippen molar-refractivity contribution in [2.45, 2.75) is 64.2 Å². The van der Waals surface area contributed by atoms with Crippen molar-refractivity contribution in [3.63, 3.8) is 0 Å². The van der Waals surface area contributed by atoms with Gasteiger partial charge in [0.15, 0.2) is 11.5 Å². The van der Waals surface area contributed by atoms with Gasteiger partial charge in [0, 0.05) is 28.1 Å². The molecule has 0 aliphatic carbocycles. The Hall–Kier alpha value is -3.91. The summed E-state index contributed by atoms with van der Waals surface area (Å²) in [7, 11) is 1.45. The van der Waals surface area contributed by atoms with Gasteiger partial charge in [0.2, 0.25) is 0 Å². The SMILES string of the molecule is COc1c(C(=O)NC2CC(C)(C)NC(C)(C)C2)[nH]c2c1c(=O)n(CC(=O)c1ccccc1)c1ccccc21. The number of para-hydroxylation sites is 1. The third-order valence-corrected chi connectivity index (χ3v) is 7.23. The Bertz CT molecular complexity index is 1580. The maximum atomic E-state index is 13.9. The molecule has 1 saturated heterocycles. The van der Waals surface area contributed by atoms with Crippen LogP contribution in [0.3, 0.4) is 0 Å². The number of aromatic amines is 1. The Balaban J connectivity index is 1.59. The highest BCUT2D eigenvalue weighted by molar-refractivity contribution is 6.11. The standard InChI is InChI=1S/C30H34N4O4/c1-29(2)15-19(16-30(3,4)33-29)31-27(36)25-26(38-5)23-24(32-25)20-13-9-10-14-21(20)34(28(23)37)17-22(35)18-11-7-6-8-12-18/h6-14,19,32-33H,15-17H2,1-5H3,(H,31,36). The molecule has 8 nitrogen and oxygen atoms in total. The molecule has 38 heavy (non-hydrogen) atoms. The molecule has 4 aromatic rings. The lowest BCUT2D eigenvalue weighted by Crippen LogP contribution is -2.62. The number of fused-ring (bicyclic) bond motifs is 3. The predicted octanol–water partition coefficient (Wildman–Crippen LogP) is 4.41. The molecule has 0 spiro atoms. The zero-order chi connectivity index (χ0) is 27.2. The second kappa shape index (κ2) is 9.44. The molecule has 1 fully saturated rings. The van der Waals surface area contributed by atoms with E-state index in [0.29, 0.717) is 16.6 Å². The van der Waals surface area contributed by atoms with Crippen molar-refractivity contribution in [3.05, 3.63) is 76.2 Å². The van der Waals surface area contributed by atoms with Crippen LogP contribution in [0.2, 0.25) is 0 Å². The molecule has 3 heterocycles. The van der Waals surface area contributed by atoms with Crippen LogP contribution in [0, 0.1) is 0 Å². The van der Waals surface area contributed by atoms with Gasteiger partial charge in [-0.3, -0.25) is 19.0 Å². The summed E-state index contributed by atoms with van der Waals surface area (Å²) < 4.78 is 7.12. The van der Waals surface area contributed by atoms with E-state index in [4.69, 9.17) is 4.74 Å². The fourth-order valence-corrected chi connectivity index (χ4v) is 6.12. The molecule has 0 radical (unpaired) electrons. The zero-order valence-electron chi connectivity index (χ0n) is 22.5. The number of nitrogens with zero attached hydrogens (tertiary/aromatic N) is 1. The fraction of sp³-hybridized carbons (Fsp3) is 0.367. The van der Waals surface area contributed by atoms with Crippen LogP contribution in [-0.4, -0.2) is 45.5 Å². The van der Waals surface area contributed by atoms with Crippen molar-refractivity contribution in [1.82, 2.24) is 20.2 Å². The topological polar surface area (TPSA) is 105 Å². The van der Waals surface area contributed by atoms with Gasteiger partial charge in [-0.15, -0.1) is 0 Å². The molecule has 1 aliphatic rings. The lowest BCUT2D eigenvalue weighted by atomic mass is 9.79. The number of piperidine rings is 1. The number of hydrogen-bond donors (Lipinski definition) is 3. The second-order valence-electron chi connectivity index (χ2n) is 11.5. The highest BCUT2D eigenvalue weighted by Crippen LogP contribution is 2.33. The molecule has 5 rings (SSSR count). The Kier molecular flexibility index (Phi) is 6.39. The van der Waals surface area contributed by atoms with Gasteiger partial charge in [0.1, 0.15) is 11.1 Å². The first kappa shape index (κ1) is 25.7. The first-order valence-electron chi connectivity index (χ1n) is 12.9. The maximum absolute atomic E-state index is 13.9. The number of nitrogens with one attached hydrogen (secondary N) is 3. The van der Waals surface area contributed by atoms with Gasteiger partial charge in [-0.2, -0.15) is 0 Å². The molecule has 1 aliphatic heterocycles. The number of ether oxygens (including phenoxy) is 1. The Morgan fingerprint density at radius 2 is 1.63 bits per heavy atom. The predicted molar refractivity (Wildman–Crippen MR) is 149 cm³/mol. The van der Waals surface area contributed by atoms with Crippen molar-refractivity contribution in [2.24, 2.45) is 0 Å². The molecular weight excluding hydrogens is 480 g/mol. The van der Waals surface area contributed by atoms with Gasteiger partial charge in [0.05, 0.1) is 24.7 Å².